The minimum absolute atomic E-state index is 0.140. The minimum atomic E-state index is -1.48. The van der Waals surface area contributed by atoms with Gasteiger partial charge in [-0.05, 0) is 37.0 Å². The first-order valence-electron chi connectivity index (χ1n) is 6.52. The van der Waals surface area contributed by atoms with Crippen LogP contribution in [0.1, 0.15) is 37.8 Å². The van der Waals surface area contributed by atoms with Crippen molar-refractivity contribution in [3.8, 4) is 0 Å². The molecule has 1 aromatic carbocycles. The topological polar surface area (TPSA) is 32.3 Å². The van der Waals surface area contributed by atoms with Gasteiger partial charge in [-0.1, -0.05) is 12.8 Å². The van der Waals surface area contributed by atoms with E-state index in [1.54, 1.807) is 0 Å². The first-order valence-corrected chi connectivity index (χ1v) is 6.52. The number of benzene rings is 1. The van der Waals surface area contributed by atoms with Crippen molar-refractivity contribution in [3.05, 3.63) is 35.1 Å². The number of aliphatic hydroxyl groups is 1. The Morgan fingerprint density at radius 2 is 1.84 bits per heavy atom. The zero-order valence-electron chi connectivity index (χ0n) is 10.8. The van der Waals surface area contributed by atoms with Crippen LogP contribution < -0.4 is 5.32 Å². The molecule has 0 bridgehead atoms. The lowest BCUT2D eigenvalue weighted by molar-refractivity contribution is 0.231. The highest BCUT2D eigenvalue weighted by atomic mass is 19.2. The van der Waals surface area contributed by atoms with Crippen molar-refractivity contribution >= 4 is 0 Å². The number of halogens is 3. The van der Waals surface area contributed by atoms with E-state index in [0.29, 0.717) is 5.92 Å². The Morgan fingerprint density at radius 1 is 1.26 bits per heavy atom. The molecule has 0 aliphatic heterocycles. The average molecular weight is 273 g/mol. The number of hydrogen-bond acceptors (Lipinski definition) is 2. The summed E-state index contributed by atoms with van der Waals surface area (Å²) in [5, 5.41) is 12.5. The fraction of sp³-hybridized carbons (Fsp3) is 0.571. The van der Waals surface area contributed by atoms with Crippen LogP contribution >= 0.6 is 0 Å². The number of rotatable bonds is 6. The van der Waals surface area contributed by atoms with Crippen molar-refractivity contribution in [3.63, 3.8) is 0 Å². The fourth-order valence-electron chi connectivity index (χ4n) is 2.30. The third-order valence-electron chi connectivity index (χ3n) is 3.46. The van der Waals surface area contributed by atoms with Crippen LogP contribution in [0.5, 0.6) is 0 Å². The Balaban J connectivity index is 2.07. The van der Waals surface area contributed by atoms with Crippen molar-refractivity contribution in [2.45, 2.75) is 38.3 Å². The Labute approximate surface area is 110 Å². The summed E-state index contributed by atoms with van der Waals surface area (Å²) in [6.45, 7) is 1.68. The standard InChI is InChI=1S/C14H18F3NO/c1-8(4-9-2-3-9)18-13(7-19)10-5-11(15)14(17)12(16)6-10/h5-6,8-9,13,18-19H,2-4,7H2,1H3. The molecule has 2 unspecified atom stereocenters. The van der Waals surface area contributed by atoms with Gasteiger partial charge in [0.1, 0.15) is 0 Å². The maximum Gasteiger partial charge on any atom is 0.194 e. The second-order valence-corrected chi connectivity index (χ2v) is 5.28. The largest absolute Gasteiger partial charge is 0.394 e. The van der Waals surface area contributed by atoms with E-state index in [1.807, 2.05) is 6.92 Å². The number of hydrogen-bond donors (Lipinski definition) is 2. The van der Waals surface area contributed by atoms with Crippen molar-refractivity contribution in [2.75, 3.05) is 6.61 Å². The molecule has 19 heavy (non-hydrogen) atoms. The van der Waals surface area contributed by atoms with Crippen molar-refractivity contribution in [1.29, 1.82) is 0 Å². The molecule has 2 atom stereocenters. The molecule has 0 aromatic heterocycles. The third-order valence-corrected chi connectivity index (χ3v) is 3.46. The summed E-state index contributed by atoms with van der Waals surface area (Å²) in [5.74, 6) is -3.23. The van der Waals surface area contributed by atoms with E-state index in [-0.39, 0.29) is 18.2 Å². The van der Waals surface area contributed by atoms with E-state index in [0.717, 1.165) is 18.6 Å². The van der Waals surface area contributed by atoms with Crippen molar-refractivity contribution in [1.82, 2.24) is 5.32 Å². The molecule has 5 heteroatoms. The van der Waals surface area contributed by atoms with Gasteiger partial charge in [-0.15, -0.1) is 0 Å². The Morgan fingerprint density at radius 3 is 2.32 bits per heavy atom. The van der Waals surface area contributed by atoms with Crippen LogP contribution in [0.15, 0.2) is 12.1 Å². The summed E-state index contributed by atoms with van der Waals surface area (Å²) in [4.78, 5) is 0. The summed E-state index contributed by atoms with van der Waals surface area (Å²) in [6, 6.07) is 1.41. The molecule has 0 heterocycles. The molecule has 1 fully saturated rings. The normalized spacial score (nSPS) is 18.4. The molecule has 1 aromatic rings. The third kappa shape index (κ3) is 3.70. The molecule has 106 valence electrons. The lowest BCUT2D eigenvalue weighted by atomic mass is 10.0. The first kappa shape index (κ1) is 14.3. The molecule has 0 spiro atoms. The summed E-state index contributed by atoms with van der Waals surface area (Å²) in [7, 11) is 0. The Kier molecular flexibility index (Phi) is 4.47. The lowest BCUT2D eigenvalue weighted by Gasteiger charge is -2.22. The van der Waals surface area contributed by atoms with E-state index < -0.39 is 23.5 Å². The smallest absolute Gasteiger partial charge is 0.194 e. The highest BCUT2D eigenvalue weighted by Crippen LogP contribution is 2.33. The second-order valence-electron chi connectivity index (χ2n) is 5.28. The number of aliphatic hydroxyl groups excluding tert-OH is 1. The molecular weight excluding hydrogens is 255 g/mol. The maximum absolute atomic E-state index is 13.2. The Bertz CT molecular complexity index is 425. The molecule has 0 radical (unpaired) electrons. The van der Waals surface area contributed by atoms with Gasteiger partial charge in [-0.3, -0.25) is 0 Å². The van der Waals surface area contributed by atoms with E-state index in [4.69, 9.17) is 0 Å². The van der Waals surface area contributed by atoms with Gasteiger partial charge in [-0.2, -0.15) is 0 Å². The monoisotopic (exact) mass is 273 g/mol. The Hall–Kier alpha value is -1.07. The molecule has 0 saturated heterocycles. The van der Waals surface area contributed by atoms with E-state index in [1.165, 1.54) is 12.8 Å². The van der Waals surface area contributed by atoms with Gasteiger partial charge in [0.2, 0.25) is 0 Å². The molecule has 2 nitrogen and oxygen atoms in total. The summed E-state index contributed by atoms with van der Waals surface area (Å²) in [6.07, 6.45) is 3.41. The SMILES string of the molecule is CC(CC1CC1)NC(CO)c1cc(F)c(F)c(F)c1. The molecule has 1 saturated carbocycles. The maximum atomic E-state index is 13.2. The molecule has 2 rings (SSSR count). The van der Waals surface area contributed by atoms with Gasteiger partial charge in [0.05, 0.1) is 12.6 Å². The van der Waals surface area contributed by atoms with Crippen LogP contribution in [0.4, 0.5) is 13.2 Å². The predicted octanol–water partition coefficient (Wildman–Crippen LogP) is 2.92. The first-order chi connectivity index (χ1) is 9.01. The van der Waals surface area contributed by atoms with Crippen LogP contribution in [-0.4, -0.2) is 17.8 Å². The van der Waals surface area contributed by atoms with Gasteiger partial charge < -0.3 is 10.4 Å². The van der Waals surface area contributed by atoms with E-state index in [2.05, 4.69) is 5.32 Å². The van der Waals surface area contributed by atoms with Gasteiger partial charge in [0.25, 0.3) is 0 Å². The van der Waals surface area contributed by atoms with Crippen molar-refractivity contribution in [2.24, 2.45) is 5.92 Å². The summed E-state index contributed by atoms with van der Waals surface area (Å²) >= 11 is 0. The van der Waals surface area contributed by atoms with Crippen molar-refractivity contribution < 1.29 is 18.3 Å². The molecular formula is C14H18F3NO. The lowest BCUT2D eigenvalue weighted by Crippen LogP contribution is -2.33. The fourth-order valence-corrected chi connectivity index (χ4v) is 2.30. The van der Waals surface area contributed by atoms with Crippen LogP contribution in [0.25, 0.3) is 0 Å². The predicted molar refractivity (Wildman–Crippen MR) is 66.1 cm³/mol. The van der Waals surface area contributed by atoms with Gasteiger partial charge in [-0.25, -0.2) is 13.2 Å². The highest BCUT2D eigenvalue weighted by Gasteiger charge is 2.25. The van der Waals surface area contributed by atoms with Crippen LogP contribution in [0.3, 0.4) is 0 Å². The molecule has 2 N–H and O–H groups in total. The van der Waals surface area contributed by atoms with Gasteiger partial charge in [0.15, 0.2) is 17.5 Å². The van der Waals surface area contributed by atoms with Crippen LogP contribution in [0.2, 0.25) is 0 Å². The molecule has 1 aliphatic carbocycles. The van der Waals surface area contributed by atoms with Gasteiger partial charge >= 0.3 is 0 Å². The summed E-state index contributed by atoms with van der Waals surface area (Å²) in [5.41, 5.74) is 0.224. The van der Waals surface area contributed by atoms with E-state index >= 15 is 0 Å². The van der Waals surface area contributed by atoms with E-state index in [9.17, 15) is 18.3 Å². The number of nitrogens with one attached hydrogen (secondary N) is 1. The zero-order valence-corrected chi connectivity index (χ0v) is 10.8. The second kappa shape index (κ2) is 5.92. The van der Waals surface area contributed by atoms with Gasteiger partial charge in [0, 0.05) is 6.04 Å². The average Bonchev–Trinajstić information content (AvgIpc) is 3.16. The quantitative estimate of drug-likeness (QED) is 0.781. The molecule has 1 aliphatic rings. The van der Waals surface area contributed by atoms with Crippen LogP contribution in [-0.2, 0) is 0 Å². The molecule has 0 amide bonds. The zero-order chi connectivity index (χ0) is 14.0. The minimum Gasteiger partial charge on any atom is -0.394 e. The van der Waals surface area contributed by atoms with Crippen LogP contribution in [0, 0.1) is 23.4 Å². The highest BCUT2D eigenvalue weighted by molar-refractivity contribution is 5.23. The summed E-state index contributed by atoms with van der Waals surface area (Å²) < 4.78 is 39.2.